The molecule has 4 nitrogen and oxygen atoms in total. The summed E-state index contributed by atoms with van der Waals surface area (Å²) in [6.45, 7) is -0.0915. The van der Waals surface area contributed by atoms with E-state index in [-0.39, 0.29) is 13.0 Å². The molecule has 1 amide bonds. The molecule has 2 aromatic carbocycles. The van der Waals surface area contributed by atoms with Crippen molar-refractivity contribution in [1.29, 1.82) is 0 Å². The van der Waals surface area contributed by atoms with Crippen LogP contribution in [0, 0.1) is 5.82 Å². The number of hydrogen-bond donors (Lipinski definition) is 1. The Morgan fingerprint density at radius 2 is 1.88 bits per heavy atom. The van der Waals surface area contributed by atoms with E-state index in [0.717, 1.165) is 12.1 Å². The first kappa shape index (κ1) is 22.8. The lowest BCUT2D eigenvalue weighted by atomic mass is 9.91. The summed E-state index contributed by atoms with van der Waals surface area (Å²) in [5, 5.41) is 3.08. The summed E-state index contributed by atoms with van der Waals surface area (Å²) in [5.41, 5.74) is 0.962. The van der Waals surface area contributed by atoms with Crippen molar-refractivity contribution in [3.05, 3.63) is 106 Å². The van der Waals surface area contributed by atoms with Crippen LogP contribution in [0.3, 0.4) is 0 Å². The van der Waals surface area contributed by atoms with Crippen LogP contribution in [0.5, 0.6) is 0 Å². The number of benzene rings is 2. The van der Waals surface area contributed by atoms with Crippen molar-refractivity contribution in [2.75, 3.05) is 0 Å². The minimum absolute atomic E-state index is 0.0915. The average Bonchev–Trinajstić information content (AvgIpc) is 3.19. The van der Waals surface area contributed by atoms with E-state index in [1.54, 1.807) is 47.1 Å². The van der Waals surface area contributed by atoms with Crippen LogP contribution in [0.25, 0.3) is 5.65 Å². The van der Waals surface area contributed by atoms with Crippen LogP contribution in [-0.4, -0.2) is 15.3 Å². The van der Waals surface area contributed by atoms with Crippen molar-refractivity contribution in [1.82, 2.24) is 14.7 Å². The molecule has 0 radical (unpaired) electrons. The van der Waals surface area contributed by atoms with Crippen LogP contribution in [0.15, 0.2) is 73.1 Å². The van der Waals surface area contributed by atoms with Crippen molar-refractivity contribution < 1.29 is 22.4 Å². The van der Waals surface area contributed by atoms with Gasteiger partial charge in [-0.15, -0.1) is 0 Å². The molecule has 4 rings (SSSR count). The number of rotatable bonds is 6. The monoisotopic (exact) mass is 475 g/mol. The van der Waals surface area contributed by atoms with Gasteiger partial charge in [0.25, 0.3) is 0 Å². The van der Waals surface area contributed by atoms with Crippen molar-refractivity contribution in [3.63, 3.8) is 0 Å². The van der Waals surface area contributed by atoms with Crippen molar-refractivity contribution in [2.45, 2.75) is 25.1 Å². The van der Waals surface area contributed by atoms with E-state index >= 15 is 0 Å². The fourth-order valence-electron chi connectivity index (χ4n) is 3.68. The van der Waals surface area contributed by atoms with E-state index < -0.39 is 29.4 Å². The lowest BCUT2D eigenvalue weighted by molar-refractivity contribution is -0.137. The fourth-order valence-corrected chi connectivity index (χ4v) is 3.84. The highest BCUT2D eigenvalue weighted by Gasteiger charge is 2.30. The molecule has 1 N–H and O–H groups in total. The summed E-state index contributed by atoms with van der Waals surface area (Å²) >= 11 is 6.12. The number of alkyl halides is 3. The number of nitrogens with zero attached hydrogens (tertiary/aromatic N) is 2. The Kier molecular flexibility index (Phi) is 6.37. The third-order valence-electron chi connectivity index (χ3n) is 5.27. The highest BCUT2D eigenvalue weighted by atomic mass is 35.5. The first-order valence-corrected chi connectivity index (χ1v) is 10.4. The van der Waals surface area contributed by atoms with Gasteiger partial charge in [0.1, 0.15) is 11.5 Å². The van der Waals surface area contributed by atoms with Gasteiger partial charge in [0.05, 0.1) is 16.3 Å². The summed E-state index contributed by atoms with van der Waals surface area (Å²) in [6, 6.07) is 14.2. The van der Waals surface area contributed by atoms with Gasteiger partial charge in [-0.25, -0.2) is 9.37 Å². The van der Waals surface area contributed by atoms with Crippen LogP contribution in [0.4, 0.5) is 17.6 Å². The van der Waals surface area contributed by atoms with Gasteiger partial charge in [0.2, 0.25) is 5.91 Å². The second-order valence-corrected chi connectivity index (χ2v) is 7.95. The number of aromatic nitrogens is 2. The van der Waals surface area contributed by atoms with Crippen LogP contribution < -0.4 is 5.32 Å². The Balaban J connectivity index is 1.59. The zero-order valence-corrected chi connectivity index (χ0v) is 17.9. The van der Waals surface area contributed by atoms with Crippen molar-refractivity contribution in [2.24, 2.45) is 0 Å². The molecule has 0 aliphatic carbocycles. The number of amides is 1. The molecule has 170 valence electrons. The Morgan fingerprint density at radius 3 is 2.64 bits per heavy atom. The van der Waals surface area contributed by atoms with Gasteiger partial charge in [0, 0.05) is 31.3 Å². The number of nitrogens with one attached hydrogen (secondary N) is 1. The predicted octanol–water partition coefficient (Wildman–Crippen LogP) is 5.98. The Morgan fingerprint density at radius 1 is 1.09 bits per heavy atom. The zero-order chi connectivity index (χ0) is 23.6. The fraction of sp³-hybridized carbons (Fsp3) is 0.167. The number of carbonyl (C=O) groups excluding carboxylic acids is 1. The molecular weight excluding hydrogens is 458 g/mol. The molecule has 2 aromatic heterocycles. The van der Waals surface area contributed by atoms with E-state index in [1.165, 1.54) is 18.2 Å². The summed E-state index contributed by atoms with van der Waals surface area (Å²) in [5.74, 6) is -1.62. The maximum atomic E-state index is 14.7. The minimum Gasteiger partial charge on any atom is -0.352 e. The largest absolute Gasteiger partial charge is 0.416 e. The quantitative estimate of drug-likeness (QED) is 0.348. The molecule has 4 aromatic rings. The zero-order valence-electron chi connectivity index (χ0n) is 17.1. The Bertz CT molecular complexity index is 1300. The number of imidazole rings is 1. The number of hydrogen-bond acceptors (Lipinski definition) is 2. The number of fused-ring (bicyclic) bond motifs is 1. The molecule has 0 saturated carbocycles. The third-order valence-corrected chi connectivity index (χ3v) is 5.49. The summed E-state index contributed by atoms with van der Waals surface area (Å²) < 4.78 is 55.2. The summed E-state index contributed by atoms with van der Waals surface area (Å²) in [7, 11) is 0. The molecule has 2 heterocycles. The van der Waals surface area contributed by atoms with Crippen LogP contribution in [0.1, 0.15) is 34.7 Å². The standard InChI is InChI=1S/C24H18ClF4N3O/c25-17-8-9-22-30-13-21(32(22)14-17)19(18-6-1-2-7-20(18)26)11-23(33)31-12-15-4-3-5-16(10-15)24(27,28)29/h1-10,13-14,19H,11-12H2,(H,31,33). The van der Waals surface area contributed by atoms with Crippen LogP contribution in [0.2, 0.25) is 5.02 Å². The number of pyridine rings is 1. The molecule has 0 bridgehead atoms. The molecule has 0 saturated heterocycles. The molecule has 1 atom stereocenters. The van der Waals surface area contributed by atoms with Gasteiger partial charge >= 0.3 is 6.18 Å². The SMILES string of the molecule is O=C(CC(c1ccccc1F)c1cnc2ccc(Cl)cn12)NCc1cccc(C(F)(F)F)c1. The molecule has 0 fully saturated rings. The van der Waals surface area contributed by atoms with Gasteiger partial charge < -0.3 is 9.72 Å². The summed E-state index contributed by atoms with van der Waals surface area (Å²) in [6.07, 6.45) is -1.42. The van der Waals surface area contributed by atoms with Crippen LogP contribution >= 0.6 is 11.6 Å². The van der Waals surface area contributed by atoms with Crippen LogP contribution in [-0.2, 0) is 17.5 Å². The van der Waals surface area contributed by atoms with E-state index in [4.69, 9.17) is 11.6 Å². The second-order valence-electron chi connectivity index (χ2n) is 7.51. The predicted molar refractivity (Wildman–Crippen MR) is 116 cm³/mol. The van der Waals surface area contributed by atoms with Gasteiger partial charge in [0.15, 0.2) is 0 Å². The van der Waals surface area contributed by atoms with E-state index in [0.29, 0.717) is 27.5 Å². The van der Waals surface area contributed by atoms with E-state index in [1.807, 2.05) is 0 Å². The lowest BCUT2D eigenvalue weighted by Gasteiger charge is -2.18. The molecule has 0 aliphatic rings. The molecule has 0 spiro atoms. The van der Waals surface area contributed by atoms with Gasteiger partial charge in [-0.05, 0) is 41.5 Å². The third kappa shape index (κ3) is 5.17. The van der Waals surface area contributed by atoms with Gasteiger partial charge in [-0.1, -0.05) is 41.9 Å². The smallest absolute Gasteiger partial charge is 0.352 e. The van der Waals surface area contributed by atoms with Gasteiger partial charge in [-0.2, -0.15) is 13.2 Å². The van der Waals surface area contributed by atoms with E-state index in [9.17, 15) is 22.4 Å². The molecule has 9 heteroatoms. The van der Waals surface area contributed by atoms with Gasteiger partial charge in [-0.3, -0.25) is 4.79 Å². The Hall–Kier alpha value is -3.39. The van der Waals surface area contributed by atoms with Crippen molar-refractivity contribution >= 4 is 23.2 Å². The second kappa shape index (κ2) is 9.23. The molecule has 0 aliphatic heterocycles. The summed E-state index contributed by atoms with van der Waals surface area (Å²) in [4.78, 5) is 17.1. The molecular formula is C24H18ClF4N3O. The number of halogens is 5. The normalized spacial score (nSPS) is 12.6. The number of carbonyl (C=O) groups is 1. The van der Waals surface area contributed by atoms with Crippen molar-refractivity contribution in [3.8, 4) is 0 Å². The lowest BCUT2D eigenvalue weighted by Crippen LogP contribution is -2.25. The first-order valence-electron chi connectivity index (χ1n) is 10.0. The Labute approximate surface area is 191 Å². The molecule has 33 heavy (non-hydrogen) atoms. The highest BCUT2D eigenvalue weighted by Crippen LogP contribution is 2.32. The minimum atomic E-state index is -4.47. The maximum Gasteiger partial charge on any atom is 0.416 e. The van der Waals surface area contributed by atoms with E-state index in [2.05, 4.69) is 10.3 Å². The topological polar surface area (TPSA) is 46.4 Å². The molecule has 1 unspecified atom stereocenters. The first-order chi connectivity index (χ1) is 15.7. The maximum absolute atomic E-state index is 14.7. The highest BCUT2D eigenvalue weighted by molar-refractivity contribution is 6.30. The average molecular weight is 476 g/mol.